The Morgan fingerprint density at radius 1 is 0.702 bits per heavy atom. The van der Waals surface area contributed by atoms with E-state index in [4.69, 9.17) is 34.2 Å². The number of pyridine rings is 2. The van der Waals surface area contributed by atoms with E-state index in [2.05, 4.69) is 26.8 Å². The number of ketones is 1. The molecule has 15 nitrogen and oxygen atoms in total. The van der Waals surface area contributed by atoms with E-state index in [0.717, 1.165) is 11.1 Å². The van der Waals surface area contributed by atoms with Crippen LogP contribution < -0.4 is 41.5 Å². The molecule has 7 N–H and O–H groups in total. The maximum atomic E-state index is 12.0. The summed E-state index contributed by atoms with van der Waals surface area (Å²) in [5.41, 5.74) is 18.4. The van der Waals surface area contributed by atoms with Crippen LogP contribution in [-0.2, 0) is 9.53 Å². The number of nitrogens with two attached hydrogens (primary N) is 3. The Morgan fingerprint density at radius 2 is 1.15 bits per heavy atom. The Balaban J connectivity index is 0.000000230. The molecule has 0 bridgehead atoms. The number of anilines is 2. The number of carbonyl (C=O) groups is 4. The van der Waals surface area contributed by atoms with Gasteiger partial charge in [-0.2, -0.15) is 0 Å². The molecule has 2 aromatic heterocycles. The number of rotatable bonds is 7. The predicted molar refractivity (Wildman–Crippen MR) is 173 cm³/mol. The summed E-state index contributed by atoms with van der Waals surface area (Å²) >= 11 is 0. The van der Waals surface area contributed by atoms with Crippen molar-refractivity contribution in [1.82, 2.24) is 9.97 Å². The van der Waals surface area contributed by atoms with Crippen LogP contribution in [0, 0.1) is 0 Å². The number of esters is 1. The fraction of sp³-hybridized carbons (Fsp3) is 0.188. The molecule has 0 fully saturated rings. The summed E-state index contributed by atoms with van der Waals surface area (Å²) in [7, 11) is 7.57. The maximum absolute atomic E-state index is 12.0. The van der Waals surface area contributed by atoms with Gasteiger partial charge >= 0.3 is 12.0 Å². The third-order valence-corrected chi connectivity index (χ3v) is 6.43. The average molecular weight is 647 g/mol. The Kier molecular flexibility index (Phi) is 12.0. The monoisotopic (exact) mass is 646 g/mol. The fourth-order valence-electron chi connectivity index (χ4n) is 4.20. The standard InChI is InChI=1S/C16H14N2O4.C15H16N2O4.CH4N2O/c1-21-10-3-9(4-11(5-10)22-2)13-6-12-14(8-17-13)18-16(20)7-15(12)19;1-19-10-4-9(5-11(6-10)20-2)14-7-12(15(18)21-3)13(16)8-17-14;2-1(3)4/h3-6,8H,7H2,1-2H3,(H,18,20);4-8H,16H2,1-3H3;(H4,2,3,4). The molecule has 246 valence electrons. The molecule has 2 aromatic carbocycles. The number of Topliss-reactive ketones (excluding diaryl/α,β-unsaturated/α-hetero) is 1. The zero-order valence-electron chi connectivity index (χ0n) is 26.3. The van der Waals surface area contributed by atoms with Crippen molar-refractivity contribution in [2.24, 2.45) is 11.5 Å². The number of fused-ring (bicyclic) bond motifs is 1. The zero-order valence-corrected chi connectivity index (χ0v) is 26.3. The fourth-order valence-corrected chi connectivity index (χ4v) is 4.20. The van der Waals surface area contributed by atoms with E-state index in [1.807, 2.05) is 12.1 Å². The van der Waals surface area contributed by atoms with Gasteiger partial charge in [-0.1, -0.05) is 0 Å². The third kappa shape index (κ3) is 9.31. The number of carbonyl (C=O) groups excluding carboxylic acids is 4. The van der Waals surface area contributed by atoms with E-state index in [9.17, 15) is 14.4 Å². The van der Waals surface area contributed by atoms with Crippen LogP contribution in [0.5, 0.6) is 23.0 Å². The van der Waals surface area contributed by atoms with E-state index in [1.54, 1.807) is 64.8 Å². The number of hydrogen-bond donors (Lipinski definition) is 4. The van der Waals surface area contributed by atoms with Gasteiger partial charge < -0.3 is 46.2 Å². The lowest BCUT2D eigenvalue weighted by Gasteiger charge is -2.16. The number of methoxy groups -OCH3 is 5. The van der Waals surface area contributed by atoms with Crippen LogP contribution in [0.1, 0.15) is 27.1 Å². The van der Waals surface area contributed by atoms with Crippen molar-refractivity contribution in [2.45, 2.75) is 6.42 Å². The normalized spacial score (nSPS) is 11.3. The molecule has 0 atom stereocenters. The van der Waals surface area contributed by atoms with Gasteiger partial charge in [0.25, 0.3) is 0 Å². The minimum absolute atomic E-state index is 0.141. The van der Waals surface area contributed by atoms with Crippen molar-refractivity contribution < 1.29 is 42.9 Å². The minimum atomic E-state index is -0.833. The van der Waals surface area contributed by atoms with Gasteiger partial charge in [-0.25, -0.2) is 9.59 Å². The van der Waals surface area contributed by atoms with Gasteiger partial charge in [0.05, 0.1) is 82.7 Å². The lowest BCUT2D eigenvalue weighted by Crippen LogP contribution is -2.24. The second-order valence-corrected chi connectivity index (χ2v) is 9.52. The molecule has 0 radical (unpaired) electrons. The van der Waals surface area contributed by atoms with Crippen molar-refractivity contribution in [3.8, 4) is 45.5 Å². The van der Waals surface area contributed by atoms with Crippen molar-refractivity contribution >= 4 is 35.1 Å². The van der Waals surface area contributed by atoms with Gasteiger partial charge in [0.2, 0.25) is 5.91 Å². The molecule has 47 heavy (non-hydrogen) atoms. The number of urea groups is 1. The highest BCUT2D eigenvalue weighted by atomic mass is 16.5. The first kappa shape index (κ1) is 35.1. The number of nitrogens with one attached hydrogen (secondary N) is 1. The highest BCUT2D eigenvalue weighted by molar-refractivity contribution is 6.18. The summed E-state index contributed by atoms with van der Waals surface area (Å²) in [5.74, 6) is 1.49. The summed E-state index contributed by atoms with van der Waals surface area (Å²) in [6, 6.07) is 13.1. The molecule has 0 unspecified atom stereocenters. The van der Waals surface area contributed by atoms with Crippen LogP contribution in [0.3, 0.4) is 0 Å². The van der Waals surface area contributed by atoms with Crippen LogP contribution in [0.2, 0.25) is 0 Å². The molecule has 0 spiro atoms. The number of ether oxygens (including phenoxy) is 5. The Hall–Kier alpha value is -6.38. The smallest absolute Gasteiger partial charge is 0.340 e. The Morgan fingerprint density at radius 3 is 1.60 bits per heavy atom. The number of primary amides is 2. The first-order chi connectivity index (χ1) is 22.4. The molecule has 4 aromatic rings. The van der Waals surface area contributed by atoms with Crippen LogP contribution in [0.4, 0.5) is 16.2 Å². The number of hydrogen-bond acceptors (Lipinski definition) is 12. The maximum Gasteiger partial charge on any atom is 0.340 e. The van der Waals surface area contributed by atoms with E-state index in [1.165, 1.54) is 19.5 Å². The van der Waals surface area contributed by atoms with Gasteiger partial charge in [-0.3, -0.25) is 19.6 Å². The van der Waals surface area contributed by atoms with Crippen molar-refractivity contribution in [2.75, 3.05) is 46.6 Å². The van der Waals surface area contributed by atoms with Gasteiger partial charge in [-0.05, 0) is 36.4 Å². The second kappa shape index (κ2) is 16.1. The van der Waals surface area contributed by atoms with Crippen LogP contribution >= 0.6 is 0 Å². The minimum Gasteiger partial charge on any atom is -0.497 e. The third-order valence-electron chi connectivity index (χ3n) is 6.43. The van der Waals surface area contributed by atoms with Crippen molar-refractivity contribution in [3.05, 3.63) is 72.1 Å². The predicted octanol–water partition coefficient (Wildman–Crippen LogP) is 3.45. The molecule has 5 rings (SSSR count). The van der Waals surface area contributed by atoms with E-state index in [-0.39, 0.29) is 29.4 Å². The Labute approximate surface area is 269 Å². The number of amides is 3. The van der Waals surface area contributed by atoms with Gasteiger partial charge in [0.1, 0.15) is 23.0 Å². The highest BCUT2D eigenvalue weighted by Gasteiger charge is 2.23. The first-order valence-electron chi connectivity index (χ1n) is 13.6. The lowest BCUT2D eigenvalue weighted by atomic mass is 10.0. The molecule has 0 saturated carbocycles. The van der Waals surface area contributed by atoms with E-state index >= 15 is 0 Å². The van der Waals surface area contributed by atoms with Gasteiger partial charge in [0.15, 0.2) is 5.78 Å². The molecule has 1 aliphatic rings. The summed E-state index contributed by atoms with van der Waals surface area (Å²) < 4.78 is 25.6. The molecule has 0 aliphatic carbocycles. The van der Waals surface area contributed by atoms with Crippen LogP contribution in [-0.4, -0.2) is 69.2 Å². The second-order valence-electron chi connectivity index (χ2n) is 9.52. The molecule has 0 saturated heterocycles. The van der Waals surface area contributed by atoms with Gasteiger partial charge in [0, 0.05) is 28.8 Å². The summed E-state index contributed by atoms with van der Waals surface area (Å²) in [5, 5.41) is 2.64. The first-order valence-corrected chi connectivity index (χ1v) is 13.6. The van der Waals surface area contributed by atoms with E-state index in [0.29, 0.717) is 45.6 Å². The largest absolute Gasteiger partial charge is 0.497 e. The van der Waals surface area contributed by atoms with Gasteiger partial charge in [-0.15, -0.1) is 0 Å². The van der Waals surface area contributed by atoms with E-state index < -0.39 is 12.0 Å². The highest BCUT2D eigenvalue weighted by Crippen LogP contribution is 2.32. The summed E-state index contributed by atoms with van der Waals surface area (Å²) in [6.45, 7) is 0. The Bertz CT molecular complexity index is 1750. The molecule has 15 heteroatoms. The average Bonchev–Trinajstić information content (AvgIpc) is 3.07. The number of nitrogens with zero attached hydrogens (tertiary/aromatic N) is 2. The molecular weight excluding hydrogens is 612 g/mol. The topological polar surface area (TPSA) is 230 Å². The number of aromatic nitrogens is 2. The van der Waals surface area contributed by atoms with Crippen molar-refractivity contribution in [3.63, 3.8) is 0 Å². The quantitative estimate of drug-likeness (QED) is 0.167. The number of nitrogen functional groups attached to an aromatic ring is 1. The molecule has 1 aliphatic heterocycles. The van der Waals surface area contributed by atoms with Crippen LogP contribution in [0.15, 0.2) is 60.9 Å². The molecule has 3 heterocycles. The molecular formula is C32H34N6O9. The SMILES string of the molecule is COC(=O)c1cc(-c2cc(OC)cc(OC)c2)ncc1N.COc1cc(OC)cc(-c2cc3c(cn2)NC(=O)CC3=O)c1.NC(N)=O. The zero-order chi connectivity index (χ0) is 34.7. The van der Waals surface area contributed by atoms with Crippen molar-refractivity contribution in [1.29, 1.82) is 0 Å². The molecule has 3 amide bonds. The lowest BCUT2D eigenvalue weighted by molar-refractivity contribution is -0.115. The summed E-state index contributed by atoms with van der Waals surface area (Å²) in [6.07, 6.45) is 2.77. The summed E-state index contributed by atoms with van der Waals surface area (Å²) in [4.78, 5) is 52.6. The van der Waals surface area contributed by atoms with Crippen LogP contribution in [0.25, 0.3) is 22.5 Å². The number of benzene rings is 2.